The van der Waals surface area contributed by atoms with Crippen LogP contribution in [-0.2, 0) is 18.6 Å². The van der Waals surface area contributed by atoms with Crippen LogP contribution in [-0.4, -0.2) is 30.1 Å². The van der Waals surface area contributed by atoms with Gasteiger partial charge in [0.15, 0.2) is 5.82 Å². The van der Waals surface area contributed by atoms with E-state index < -0.39 is 0 Å². The highest BCUT2D eigenvalue weighted by Gasteiger charge is 2.31. The standard InChI is InChI=1S/C28H36N6O/c1-7-24(26-30-31-32-34(26)28(5,6)8-2)33(17-21-12-10-9-11-13-21)18-22-16-23-19(3)14-15-20(4)25(23)29-27(22)35/h9-16,24H,7-8,17-18H2,1-6H3,(H,29,35)/t24-/m0/s1. The van der Waals surface area contributed by atoms with Gasteiger partial charge in [-0.05, 0) is 73.7 Å². The SMILES string of the molecule is CC[C@@H](c1nnnn1C(C)(C)CC)N(Cc1ccccc1)Cc1cc2c(C)ccc(C)c2[nH]c1=O. The van der Waals surface area contributed by atoms with Crippen molar-refractivity contribution in [1.29, 1.82) is 0 Å². The molecule has 0 bridgehead atoms. The molecule has 0 unspecified atom stereocenters. The van der Waals surface area contributed by atoms with E-state index >= 15 is 0 Å². The zero-order valence-corrected chi connectivity index (χ0v) is 21.7. The summed E-state index contributed by atoms with van der Waals surface area (Å²) in [6.07, 6.45) is 1.72. The molecule has 0 aliphatic rings. The van der Waals surface area contributed by atoms with Crippen molar-refractivity contribution in [1.82, 2.24) is 30.1 Å². The highest BCUT2D eigenvalue weighted by Crippen LogP contribution is 2.30. The molecule has 0 saturated carbocycles. The van der Waals surface area contributed by atoms with E-state index in [1.54, 1.807) is 0 Å². The summed E-state index contributed by atoms with van der Waals surface area (Å²) in [4.78, 5) is 18.7. The molecule has 35 heavy (non-hydrogen) atoms. The number of hydrogen-bond donors (Lipinski definition) is 1. The number of hydrogen-bond acceptors (Lipinski definition) is 5. The Morgan fingerprint density at radius 2 is 1.74 bits per heavy atom. The fraction of sp³-hybridized carbons (Fsp3) is 0.429. The molecular formula is C28H36N6O. The third-order valence-electron chi connectivity index (χ3n) is 7.18. The minimum atomic E-state index is -0.209. The van der Waals surface area contributed by atoms with Gasteiger partial charge in [0.1, 0.15) is 0 Å². The van der Waals surface area contributed by atoms with Gasteiger partial charge in [-0.2, -0.15) is 0 Å². The molecule has 0 fully saturated rings. The van der Waals surface area contributed by atoms with Crippen LogP contribution < -0.4 is 5.56 Å². The molecule has 2 heterocycles. The number of rotatable bonds is 9. The van der Waals surface area contributed by atoms with Crippen molar-refractivity contribution in [3.8, 4) is 0 Å². The molecule has 7 heteroatoms. The minimum Gasteiger partial charge on any atom is -0.321 e. The van der Waals surface area contributed by atoms with Gasteiger partial charge in [-0.15, -0.1) is 5.10 Å². The summed E-state index contributed by atoms with van der Waals surface area (Å²) in [6, 6.07) is 16.5. The number of aromatic amines is 1. The molecule has 2 aromatic heterocycles. The Hall–Kier alpha value is -3.32. The maximum Gasteiger partial charge on any atom is 0.252 e. The third-order valence-corrected chi connectivity index (χ3v) is 7.18. The molecule has 0 amide bonds. The lowest BCUT2D eigenvalue weighted by molar-refractivity contribution is 0.150. The van der Waals surface area contributed by atoms with Gasteiger partial charge in [0.25, 0.3) is 5.56 Å². The van der Waals surface area contributed by atoms with Gasteiger partial charge in [0, 0.05) is 24.0 Å². The first-order chi connectivity index (χ1) is 16.7. The molecule has 1 atom stereocenters. The maximum absolute atomic E-state index is 13.2. The highest BCUT2D eigenvalue weighted by atomic mass is 16.1. The zero-order chi connectivity index (χ0) is 25.2. The van der Waals surface area contributed by atoms with Crippen molar-refractivity contribution < 1.29 is 0 Å². The van der Waals surface area contributed by atoms with Crippen molar-refractivity contribution in [2.45, 2.75) is 79.1 Å². The van der Waals surface area contributed by atoms with Crippen LogP contribution in [0.5, 0.6) is 0 Å². The number of tetrazole rings is 1. The van der Waals surface area contributed by atoms with Crippen molar-refractivity contribution in [3.05, 3.63) is 87.0 Å². The van der Waals surface area contributed by atoms with Crippen molar-refractivity contribution in [3.63, 3.8) is 0 Å². The average molecular weight is 473 g/mol. The molecule has 184 valence electrons. The van der Waals surface area contributed by atoms with Crippen molar-refractivity contribution in [2.75, 3.05) is 0 Å². The molecule has 0 saturated heterocycles. The van der Waals surface area contributed by atoms with E-state index in [0.29, 0.717) is 13.1 Å². The normalized spacial score (nSPS) is 13.0. The first kappa shape index (κ1) is 24.8. The van der Waals surface area contributed by atoms with Gasteiger partial charge in [0.05, 0.1) is 17.1 Å². The molecule has 1 N–H and O–H groups in total. The van der Waals surface area contributed by atoms with Crippen LogP contribution in [0.15, 0.2) is 53.3 Å². The average Bonchev–Trinajstić information content (AvgIpc) is 3.34. The monoisotopic (exact) mass is 472 g/mol. The number of pyridine rings is 1. The highest BCUT2D eigenvalue weighted by molar-refractivity contribution is 5.85. The summed E-state index contributed by atoms with van der Waals surface area (Å²) in [5.74, 6) is 0.833. The molecule has 0 radical (unpaired) electrons. The Morgan fingerprint density at radius 3 is 2.43 bits per heavy atom. The summed E-state index contributed by atoms with van der Waals surface area (Å²) in [5.41, 5.74) is 4.81. The maximum atomic E-state index is 13.2. The number of nitrogens with one attached hydrogen (secondary N) is 1. The summed E-state index contributed by atoms with van der Waals surface area (Å²) in [7, 11) is 0. The Balaban J connectivity index is 1.80. The number of aryl methyl sites for hydroxylation is 2. The van der Waals surface area contributed by atoms with Crippen molar-refractivity contribution in [2.24, 2.45) is 0 Å². The summed E-state index contributed by atoms with van der Waals surface area (Å²) < 4.78 is 1.96. The lowest BCUT2D eigenvalue weighted by Gasteiger charge is -2.33. The second-order valence-electron chi connectivity index (χ2n) is 10.0. The lowest BCUT2D eigenvalue weighted by Crippen LogP contribution is -2.36. The lowest BCUT2D eigenvalue weighted by atomic mass is 10.0. The molecule has 0 aliphatic heterocycles. The first-order valence-corrected chi connectivity index (χ1v) is 12.4. The summed E-state index contributed by atoms with van der Waals surface area (Å²) in [5, 5.41) is 14.0. The van der Waals surface area contributed by atoms with Crippen LogP contribution >= 0.6 is 0 Å². The topological polar surface area (TPSA) is 79.7 Å². The molecule has 4 aromatic rings. The van der Waals surface area contributed by atoms with E-state index in [4.69, 9.17) is 0 Å². The van der Waals surface area contributed by atoms with E-state index in [9.17, 15) is 4.79 Å². The number of nitrogens with zero attached hydrogens (tertiary/aromatic N) is 5. The van der Waals surface area contributed by atoms with Crippen LogP contribution in [0.25, 0.3) is 10.9 Å². The van der Waals surface area contributed by atoms with Crippen LogP contribution in [0.1, 0.15) is 74.7 Å². The number of H-pyrrole nitrogens is 1. The zero-order valence-electron chi connectivity index (χ0n) is 21.7. The number of aromatic nitrogens is 5. The molecule has 4 rings (SSSR count). The summed E-state index contributed by atoms with van der Waals surface area (Å²) in [6.45, 7) is 13.9. The fourth-order valence-electron chi connectivity index (χ4n) is 4.64. The van der Waals surface area contributed by atoms with Crippen LogP contribution in [0, 0.1) is 13.8 Å². The van der Waals surface area contributed by atoms with Gasteiger partial charge in [-0.25, -0.2) is 4.68 Å². The second-order valence-corrected chi connectivity index (χ2v) is 10.0. The van der Waals surface area contributed by atoms with E-state index in [0.717, 1.165) is 46.3 Å². The number of benzene rings is 2. The summed E-state index contributed by atoms with van der Waals surface area (Å²) >= 11 is 0. The van der Waals surface area contributed by atoms with Crippen molar-refractivity contribution >= 4 is 10.9 Å². The fourth-order valence-corrected chi connectivity index (χ4v) is 4.64. The minimum absolute atomic E-state index is 0.0485. The molecule has 2 aromatic carbocycles. The second kappa shape index (κ2) is 10.1. The van der Waals surface area contributed by atoms with Gasteiger partial charge in [-0.3, -0.25) is 9.69 Å². The van der Waals surface area contributed by atoms with E-state index in [-0.39, 0.29) is 17.1 Å². The van der Waals surface area contributed by atoms with Crippen LogP contribution in [0.3, 0.4) is 0 Å². The number of fused-ring (bicyclic) bond motifs is 1. The van der Waals surface area contributed by atoms with Crippen LogP contribution in [0.2, 0.25) is 0 Å². The third kappa shape index (κ3) is 5.05. The Kier molecular flexibility index (Phi) is 7.17. The molecule has 0 aliphatic carbocycles. The predicted octanol–water partition coefficient (Wildman–Crippen LogP) is 5.43. The molecule has 0 spiro atoms. The Labute approximate surface area is 207 Å². The van der Waals surface area contributed by atoms with E-state index in [1.165, 1.54) is 5.56 Å². The quantitative estimate of drug-likeness (QED) is 0.351. The van der Waals surface area contributed by atoms with Gasteiger partial charge < -0.3 is 4.98 Å². The Morgan fingerprint density at radius 1 is 1.03 bits per heavy atom. The predicted molar refractivity (Wildman–Crippen MR) is 140 cm³/mol. The van der Waals surface area contributed by atoms with Gasteiger partial charge in [0.2, 0.25) is 0 Å². The smallest absolute Gasteiger partial charge is 0.252 e. The largest absolute Gasteiger partial charge is 0.321 e. The Bertz CT molecular complexity index is 1360. The molecule has 7 nitrogen and oxygen atoms in total. The van der Waals surface area contributed by atoms with Crippen LogP contribution in [0.4, 0.5) is 0 Å². The van der Waals surface area contributed by atoms with Gasteiger partial charge >= 0.3 is 0 Å². The van der Waals surface area contributed by atoms with E-state index in [2.05, 4.69) is 90.4 Å². The molecular weight excluding hydrogens is 436 g/mol. The van der Waals surface area contributed by atoms with Gasteiger partial charge in [-0.1, -0.05) is 56.3 Å². The van der Waals surface area contributed by atoms with E-state index in [1.807, 2.05) is 29.8 Å². The first-order valence-electron chi connectivity index (χ1n) is 12.4.